The Morgan fingerprint density at radius 1 is 1.55 bits per heavy atom. The Morgan fingerprint density at radius 2 is 2.30 bits per heavy atom. The fourth-order valence-corrected chi connectivity index (χ4v) is 1.74. The Kier molecular flexibility index (Phi) is 4.19. The number of rotatable bonds is 6. The zero-order valence-electron chi connectivity index (χ0n) is 11.8. The van der Waals surface area contributed by atoms with E-state index in [0.717, 1.165) is 18.8 Å². The number of carboxylic acid groups (broad SMARTS) is 1. The van der Waals surface area contributed by atoms with E-state index in [9.17, 15) is 4.79 Å². The molecule has 0 aliphatic carbocycles. The van der Waals surface area contributed by atoms with Crippen LogP contribution in [0.1, 0.15) is 18.7 Å². The van der Waals surface area contributed by atoms with Gasteiger partial charge < -0.3 is 19.1 Å². The van der Waals surface area contributed by atoms with E-state index in [1.54, 1.807) is 0 Å². The average molecular weight is 278 g/mol. The first-order chi connectivity index (χ1) is 9.49. The quantitative estimate of drug-likeness (QED) is 0.857. The minimum absolute atomic E-state index is 0.118. The van der Waals surface area contributed by atoms with Crippen LogP contribution in [-0.4, -0.2) is 51.3 Å². The van der Waals surface area contributed by atoms with Gasteiger partial charge in [0.25, 0.3) is 0 Å². The minimum Gasteiger partial charge on any atom is -0.481 e. The molecular weight excluding hydrogens is 260 g/mol. The second-order valence-corrected chi connectivity index (χ2v) is 4.91. The van der Waals surface area contributed by atoms with Gasteiger partial charge in [0.1, 0.15) is 5.92 Å². The summed E-state index contributed by atoms with van der Waals surface area (Å²) in [4.78, 5) is 17.2. The van der Waals surface area contributed by atoms with Crippen molar-refractivity contribution in [1.29, 1.82) is 0 Å². The molecule has 0 bridgehead atoms. The molecule has 0 aliphatic rings. The first-order valence-electron chi connectivity index (χ1n) is 6.35. The van der Waals surface area contributed by atoms with Crippen LogP contribution in [0.2, 0.25) is 0 Å². The molecule has 20 heavy (non-hydrogen) atoms. The van der Waals surface area contributed by atoms with Crippen molar-refractivity contribution < 1.29 is 14.4 Å². The third-order valence-corrected chi connectivity index (χ3v) is 3.03. The van der Waals surface area contributed by atoms with Crippen LogP contribution in [0.25, 0.3) is 11.5 Å². The lowest BCUT2D eigenvalue weighted by atomic mass is 10.2. The molecule has 108 valence electrons. The summed E-state index contributed by atoms with van der Waals surface area (Å²) in [6.07, 6.45) is 1.94. The van der Waals surface area contributed by atoms with Gasteiger partial charge in [-0.25, -0.2) is 0 Å². The highest BCUT2D eigenvalue weighted by molar-refractivity contribution is 5.74. The highest BCUT2D eigenvalue weighted by Crippen LogP contribution is 2.20. The summed E-state index contributed by atoms with van der Waals surface area (Å²) in [6, 6.07) is 3.79. The average Bonchev–Trinajstić information content (AvgIpc) is 3.03. The smallest absolute Gasteiger partial charge is 0.315 e. The van der Waals surface area contributed by atoms with E-state index in [1.807, 2.05) is 37.0 Å². The number of aliphatic carboxylic acids is 1. The molecule has 7 heteroatoms. The maximum Gasteiger partial charge on any atom is 0.315 e. The van der Waals surface area contributed by atoms with Crippen LogP contribution in [0.4, 0.5) is 0 Å². The second kappa shape index (κ2) is 5.87. The molecule has 0 radical (unpaired) electrons. The highest BCUT2D eigenvalue weighted by Gasteiger charge is 2.22. The van der Waals surface area contributed by atoms with Gasteiger partial charge in [-0.15, -0.1) is 0 Å². The number of carbonyl (C=O) groups is 1. The predicted molar refractivity (Wildman–Crippen MR) is 72.3 cm³/mol. The normalized spacial score (nSPS) is 12.8. The van der Waals surface area contributed by atoms with E-state index in [1.165, 1.54) is 6.92 Å². The number of hydrogen-bond donors (Lipinski definition) is 1. The maximum atomic E-state index is 10.9. The molecule has 0 saturated heterocycles. The largest absolute Gasteiger partial charge is 0.481 e. The summed E-state index contributed by atoms with van der Waals surface area (Å²) in [5.74, 6) is -1.26. The molecule has 0 aromatic carbocycles. The van der Waals surface area contributed by atoms with E-state index in [0.29, 0.717) is 5.82 Å². The van der Waals surface area contributed by atoms with Crippen LogP contribution in [-0.2, 0) is 11.3 Å². The van der Waals surface area contributed by atoms with Crippen molar-refractivity contribution >= 4 is 5.97 Å². The van der Waals surface area contributed by atoms with Gasteiger partial charge in [0.15, 0.2) is 0 Å². The molecule has 2 heterocycles. The summed E-state index contributed by atoms with van der Waals surface area (Å²) < 4.78 is 7.04. The predicted octanol–water partition coefficient (Wildman–Crippen LogP) is 1.29. The van der Waals surface area contributed by atoms with E-state index in [2.05, 4.69) is 15.0 Å². The van der Waals surface area contributed by atoms with Crippen LogP contribution in [0.5, 0.6) is 0 Å². The molecule has 1 atom stereocenters. The molecule has 0 amide bonds. The van der Waals surface area contributed by atoms with Crippen molar-refractivity contribution in [3.63, 3.8) is 0 Å². The second-order valence-electron chi connectivity index (χ2n) is 4.91. The third kappa shape index (κ3) is 3.05. The topological polar surface area (TPSA) is 84.4 Å². The molecule has 0 fully saturated rings. The number of hydrogen-bond acceptors (Lipinski definition) is 5. The molecule has 0 saturated carbocycles. The van der Waals surface area contributed by atoms with Gasteiger partial charge in [0.2, 0.25) is 11.7 Å². The van der Waals surface area contributed by atoms with Gasteiger partial charge in [0, 0.05) is 19.3 Å². The van der Waals surface area contributed by atoms with E-state index in [4.69, 9.17) is 9.63 Å². The monoisotopic (exact) mass is 278 g/mol. The Bertz CT molecular complexity index is 588. The Balaban J connectivity index is 2.20. The van der Waals surface area contributed by atoms with Crippen molar-refractivity contribution in [2.24, 2.45) is 0 Å². The first-order valence-corrected chi connectivity index (χ1v) is 6.35. The van der Waals surface area contributed by atoms with Crippen LogP contribution < -0.4 is 0 Å². The number of nitrogens with zero attached hydrogens (tertiary/aromatic N) is 4. The van der Waals surface area contributed by atoms with Crippen molar-refractivity contribution in [3.05, 3.63) is 24.2 Å². The van der Waals surface area contributed by atoms with Gasteiger partial charge in [-0.1, -0.05) is 5.16 Å². The molecule has 1 unspecified atom stereocenters. The fourth-order valence-electron chi connectivity index (χ4n) is 1.74. The maximum absolute atomic E-state index is 10.9. The van der Waals surface area contributed by atoms with Gasteiger partial charge in [-0.05, 0) is 33.2 Å². The lowest BCUT2D eigenvalue weighted by Gasteiger charge is -2.11. The van der Waals surface area contributed by atoms with E-state index < -0.39 is 11.9 Å². The molecule has 2 rings (SSSR count). The highest BCUT2D eigenvalue weighted by atomic mass is 16.5. The lowest BCUT2D eigenvalue weighted by Crippen LogP contribution is -2.18. The van der Waals surface area contributed by atoms with Crippen LogP contribution in [0.3, 0.4) is 0 Å². The zero-order chi connectivity index (χ0) is 14.7. The Morgan fingerprint density at radius 3 is 2.95 bits per heavy atom. The molecule has 2 aromatic rings. The van der Waals surface area contributed by atoms with Crippen LogP contribution in [0.15, 0.2) is 22.9 Å². The fraction of sp³-hybridized carbons (Fsp3) is 0.462. The first kappa shape index (κ1) is 14.3. The minimum atomic E-state index is -0.983. The van der Waals surface area contributed by atoms with Gasteiger partial charge >= 0.3 is 5.97 Å². The van der Waals surface area contributed by atoms with E-state index >= 15 is 0 Å². The summed E-state index contributed by atoms with van der Waals surface area (Å²) >= 11 is 0. The Hall–Kier alpha value is -2.15. The number of aromatic nitrogens is 3. The summed E-state index contributed by atoms with van der Waals surface area (Å²) in [6.45, 7) is 3.20. The molecular formula is C13H18N4O3. The third-order valence-electron chi connectivity index (χ3n) is 3.03. The number of carboxylic acids is 1. The zero-order valence-corrected chi connectivity index (χ0v) is 11.8. The van der Waals surface area contributed by atoms with Gasteiger partial charge in [-0.2, -0.15) is 4.98 Å². The molecule has 0 aliphatic heterocycles. The van der Waals surface area contributed by atoms with Crippen molar-refractivity contribution in [2.75, 3.05) is 20.6 Å². The molecule has 0 spiro atoms. The summed E-state index contributed by atoms with van der Waals surface area (Å²) in [5, 5.41) is 12.8. The van der Waals surface area contributed by atoms with Gasteiger partial charge in [0.05, 0.1) is 5.69 Å². The summed E-state index contributed by atoms with van der Waals surface area (Å²) in [5.41, 5.74) is 0.819. The Labute approximate surface area is 116 Å². The molecule has 2 aromatic heterocycles. The molecule has 7 nitrogen and oxygen atoms in total. The van der Waals surface area contributed by atoms with Crippen LogP contribution in [0, 0.1) is 0 Å². The van der Waals surface area contributed by atoms with Crippen molar-refractivity contribution in [2.45, 2.75) is 19.4 Å². The summed E-state index contributed by atoms with van der Waals surface area (Å²) in [7, 11) is 4.01. The number of likely N-dealkylation sites (N-methyl/N-ethyl adjacent to an activating group) is 1. The van der Waals surface area contributed by atoms with Gasteiger partial charge in [-0.3, -0.25) is 4.79 Å². The molecule has 1 N–H and O–H groups in total. The van der Waals surface area contributed by atoms with Crippen molar-refractivity contribution in [3.8, 4) is 11.5 Å². The SMILES string of the molecule is CC(C(=O)O)c1nc(-c2cccn2CCN(C)C)no1. The van der Waals surface area contributed by atoms with Crippen LogP contribution >= 0.6 is 0 Å². The van der Waals surface area contributed by atoms with Crippen molar-refractivity contribution in [1.82, 2.24) is 19.6 Å². The van der Waals surface area contributed by atoms with E-state index in [-0.39, 0.29) is 5.89 Å². The standard InChI is InChI=1S/C13H18N4O3/c1-9(13(18)19)12-14-11(15-20-12)10-5-4-6-17(10)8-7-16(2)3/h4-6,9H,7-8H2,1-3H3,(H,18,19). The lowest BCUT2D eigenvalue weighted by molar-refractivity contribution is -0.138.